The number of aromatic nitrogens is 1. The largest absolute Gasteiger partial charge is 0.447 e. The molecule has 2 amide bonds. The molecule has 0 bridgehead atoms. The summed E-state index contributed by atoms with van der Waals surface area (Å²) in [7, 11) is -4.33. The van der Waals surface area contributed by atoms with Crippen LogP contribution in [0, 0.1) is 0 Å². The summed E-state index contributed by atoms with van der Waals surface area (Å²) in [6.45, 7) is 8.15. The van der Waals surface area contributed by atoms with Crippen LogP contribution in [0.5, 0.6) is 0 Å². The zero-order chi connectivity index (χ0) is 30.5. The van der Waals surface area contributed by atoms with Gasteiger partial charge in [0.25, 0.3) is 0 Å². The molecule has 2 aromatic rings. The van der Waals surface area contributed by atoms with Crippen LogP contribution >= 0.6 is 0 Å². The van der Waals surface area contributed by atoms with Crippen LogP contribution in [0.4, 0.5) is 28.4 Å². The molecule has 0 radical (unpaired) electrons. The maximum Gasteiger partial charge on any atom is 0.437 e. The number of amides is 2. The molecule has 1 aromatic heterocycles. The van der Waals surface area contributed by atoms with Gasteiger partial charge in [0.1, 0.15) is 0 Å². The maximum absolute atomic E-state index is 14.2. The molecule has 1 fully saturated rings. The van der Waals surface area contributed by atoms with Crippen molar-refractivity contribution in [1.29, 1.82) is 0 Å². The van der Waals surface area contributed by atoms with Crippen LogP contribution in [-0.2, 0) is 25.7 Å². The highest BCUT2D eigenvalue weighted by atomic mass is 32.2. The van der Waals surface area contributed by atoms with E-state index in [2.05, 4.69) is 20.3 Å². The molecule has 1 saturated carbocycles. The molecular weight excluding hydrogens is 569 g/mol. The summed E-state index contributed by atoms with van der Waals surface area (Å²) in [5, 5.41) is 5.12. The number of sulfonamides is 1. The normalized spacial score (nSPS) is 17.9. The molecule has 3 N–H and O–H groups in total. The first-order valence-corrected chi connectivity index (χ1v) is 14.8. The molecule has 3 rings (SSSR count). The van der Waals surface area contributed by atoms with Crippen LogP contribution in [0.1, 0.15) is 77.8 Å². The summed E-state index contributed by atoms with van der Waals surface area (Å²) in [6, 6.07) is 3.19. The lowest BCUT2D eigenvalue weighted by Crippen LogP contribution is -2.38. The van der Waals surface area contributed by atoms with Crippen LogP contribution in [0.2, 0.25) is 0 Å². The molecule has 0 aliphatic heterocycles. The molecule has 41 heavy (non-hydrogen) atoms. The first-order chi connectivity index (χ1) is 19.1. The first-order valence-electron chi connectivity index (χ1n) is 13.3. The molecular formula is C26H35F3N4O7S. The Morgan fingerprint density at radius 3 is 2.22 bits per heavy atom. The van der Waals surface area contributed by atoms with E-state index < -0.39 is 56.8 Å². The van der Waals surface area contributed by atoms with Crippen LogP contribution in [-0.4, -0.2) is 50.4 Å². The van der Waals surface area contributed by atoms with Gasteiger partial charge >= 0.3 is 18.4 Å². The number of alkyl carbamates (subject to hydrolysis) is 1. The van der Waals surface area contributed by atoms with Crippen molar-refractivity contribution in [3.63, 3.8) is 0 Å². The second-order valence-electron chi connectivity index (χ2n) is 10.2. The van der Waals surface area contributed by atoms with E-state index in [4.69, 9.17) is 13.9 Å². The molecule has 11 nitrogen and oxygen atoms in total. The van der Waals surface area contributed by atoms with Gasteiger partial charge in [-0.15, -0.1) is 0 Å². The van der Waals surface area contributed by atoms with E-state index in [0.717, 1.165) is 12.1 Å². The SMILES string of the molecule is CCNS(=O)(=O)c1cc(NC(=O)OC(C)C)ccc1-c1oc(C2CCC(NC(=O)OC(C)C)CC2)nc1C(F)(F)F. The van der Waals surface area contributed by atoms with E-state index in [0.29, 0.717) is 25.7 Å². The number of hydrogen-bond donors (Lipinski definition) is 3. The van der Waals surface area contributed by atoms with Crippen LogP contribution in [0.3, 0.4) is 0 Å². The minimum Gasteiger partial charge on any atom is -0.447 e. The molecule has 0 saturated heterocycles. The Morgan fingerprint density at radius 1 is 1.05 bits per heavy atom. The number of carbonyl (C=O) groups excluding carboxylic acids is 2. The summed E-state index contributed by atoms with van der Waals surface area (Å²) >= 11 is 0. The number of benzene rings is 1. The number of hydrogen-bond acceptors (Lipinski definition) is 8. The molecule has 228 valence electrons. The molecule has 0 unspecified atom stereocenters. The summed E-state index contributed by atoms with van der Waals surface area (Å²) in [4.78, 5) is 27.2. The Morgan fingerprint density at radius 2 is 1.66 bits per heavy atom. The van der Waals surface area contributed by atoms with Crippen molar-refractivity contribution in [3.05, 3.63) is 29.8 Å². The number of rotatable bonds is 9. The summed E-state index contributed by atoms with van der Waals surface area (Å²) in [5.41, 5.74) is -1.74. The number of halogens is 3. The fourth-order valence-corrected chi connectivity index (χ4v) is 5.69. The Bertz CT molecular complexity index is 1340. The smallest absolute Gasteiger partial charge is 0.437 e. The van der Waals surface area contributed by atoms with Gasteiger partial charge in [0, 0.05) is 29.8 Å². The van der Waals surface area contributed by atoms with E-state index in [1.165, 1.54) is 13.0 Å². The molecule has 1 heterocycles. The number of nitrogens with one attached hydrogen (secondary N) is 3. The van der Waals surface area contributed by atoms with Gasteiger partial charge in [-0.3, -0.25) is 5.32 Å². The topological polar surface area (TPSA) is 149 Å². The Kier molecular flexibility index (Phi) is 10.3. The van der Waals surface area contributed by atoms with Crippen molar-refractivity contribution in [1.82, 2.24) is 15.0 Å². The van der Waals surface area contributed by atoms with E-state index >= 15 is 0 Å². The Labute approximate surface area is 236 Å². The third-order valence-corrected chi connectivity index (χ3v) is 7.68. The van der Waals surface area contributed by atoms with Gasteiger partial charge < -0.3 is 19.2 Å². The minimum absolute atomic E-state index is 0.00834. The van der Waals surface area contributed by atoms with E-state index in [1.807, 2.05) is 0 Å². The number of oxazole rings is 1. The second kappa shape index (κ2) is 13.1. The quantitative estimate of drug-likeness (QED) is 0.326. The number of ether oxygens (including phenoxy) is 2. The van der Waals surface area contributed by atoms with Crippen LogP contribution in [0.25, 0.3) is 11.3 Å². The van der Waals surface area contributed by atoms with Gasteiger partial charge in [-0.1, -0.05) is 6.92 Å². The molecule has 0 spiro atoms. The average molecular weight is 605 g/mol. The van der Waals surface area contributed by atoms with Crippen molar-refractivity contribution in [2.24, 2.45) is 0 Å². The van der Waals surface area contributed by atoms with Crippen molar-refractivity contribution >= 4 is 27.9 Å². The highest BCUT2D eigenvalue weighted by molar-refractivity contribution is 7.89. The predicted octanol–water partition coefficient (Wildman–Crippen LogP) is 5.78. The van der Waals surface area contributed by atoms with Gasteiger partial charge in [0.05, 0.1) is 17.1 Å². The predicted molar refractivity (Wildman–Crippen MR) is 143 cm³/mol. The van der Waals surface area contributed by atoms with E-state index in [-0.39, 0.29) is 35.8 Å². The fraction of sp³-hybridized carbons (Fsp3) is 0.577. The van der Waals surface area contributed by atoms with Gasteiger partial charge in [0.15, 0.2) is 17.3 Å². The summed E-state index contributed by atoms with van der Waals surface area (Å²) < 4.78 is 86.6. The Hall–Kier alpha value is -3.33. The van der Waals surface area contributed by atoms with Crippen molar-refractivity contribution < 1.29 is 45.1 Å². The molecule has 0 atom stereocenters. The van der Waals surface area contributed by atoms with E-state index in [1.54, 1.807) is 27.7 Å². The van der Waals surface area contributed by atoms with Crippen molar-refractivity contribution in [3.8, 4) is 11.3 Å². The maximum atomic E-state index is 14.2. The average Bonchev–Trinajstić information content (AvgIpc) is 3.29. The highest BCUT2D eigenvalue weighted by Gasteiger charge is 2.42. The fourth-order valence-electron chi connectivity index (χ4n) is 4.42. The molecule has 1 aliphatic rings. The van der Waals surface area contributed by atoms with Crippen molar-refractivity contribution in [2.75, 3.05) is 11.9 Å². The Balaban J connectivity index is 1.97. The standard InChI is InChI=1S/C26H35F3N4O7S/c1-6-30-41(36,37)20-13-18(32-25(35)39-15(4)5)11-12-19(20)21-22(26(27,28)29)33-23(40-21)16-7-9-17(10-8-16)31-24(34)38-14(2)3/h11-17,30H,6-10H2,1-5H3,(H,31,34)(H,32,35). The minimum atomic E-state index is -4.95. The van der Waals surface area contributed by atoms with Crippen molar-refractivity contribution in [2.45, 2.75) is 95.5 Å². The van der Waals surface area contributed by atoms with Gasteiger partial charge in [0.2, 0.25) is 10.0 Å². The molecule has 15 heteroatoms. The molecule has 1 aliphatic carbocycles. The second-order valence-corrected chi connectivity index (χ2v) is 11.9. The summed E-state index contributed by atoms with van der Waals surface area (Å²) in [6.07, 6.45) is -5.44. The molecule has 1 aromatic carbocycles. The first kappa shape index (κ1) is 32.2. The zero-order valence-corrected chi connectivity index (χ0v) is 24.2. The lowest BCUT2D eigenvalue weighted by atomic mass is 9.86. The lowest BCUT2D eigenvalue weighted by Gasteiger charge is -2.27. The third-order valence-electron chi connectivity index (χ3n) is 6.09. The number of alkyl halides is 3. The van der Waals surface area contributed by atoms with Gasteiger partial charge in [-0.05, 0) is 71.6 Å². The highest BCUT2D eigenvalue weighted by Crippen LogP contribution is 2.43. The lowest BCUT2D eigenvalue weighted by molar-refractivity contribution is -0.140. The van der Waals surface area contributed by atoms with Crippen LogP contribution < -0.4 is 15.4 Å². The third kappa shape index (κ3) is 8.58. The van der Waals surface area contributed by atoms with Gasteiger partial charge in [-0.2, -0.15) is 13.2 Å². The summed E-state index contributed by atoms with van der Waals surface area (Å²) in [5.74, 6) is -1.41. The van der Waals surface area contributed by atoms with Crippen LogP contribution in [0.15, 0.2) is 27.5 Å². The number of carbonyl (C=O) groups is 2. The zero-order valence-electron chi connectivity index (χ0n) is 23.4. The van der Waals surface area contributed by atoms with E-state index in [9.17, 15) is 31.2 Å². The van der Waals surface area contributed by atoms with Gasteiger partial charge in [-0.25, -0.2) is 27.7 Å². The number of nitrogens with zero attached hydrogens (tertiary/aromatic N) is 1. The number of anilines is 1. The monoisotopic (exact) mass is 604 g/mol.